The molecule has 0 aliphatic carbocycles. The molecule has 0 spiro atoms. The van der Waals surface area contributed by atoms with Gasteiger partial charge in [0.25, 0.3) is 11.8 Å². The van der Waals surface area contributed by atoms with Crippen molar-refractivity contribution >= 4 is 39.3 Å². The van der Waals surface area contributed by atoms with Crippen LogP contribution in [0.1, 0.15) is 27.0 Å². The van der Waals surface area contributed by atoms with Crippen molar-refractivity contribution in [3.05, 3.63) is 111 Å². The number of fused-ring (bicyclic) bond motifs is 1. The van der Waals surface area contributed by atoms with E-state index in [1.54, 1.807) is 36.4 Å². The molecule has 2 N–H and O–H groups in total. The Hall–Kier alpha value is -4.02. The van der Waals surface area contributed by atoms with Gasteiger partial charge in [0, 0.05) is 27.7 Å². The van der Waals surface area contributed by atoms with E-state index in [-0.39, 0.29) is 23.7 Å². The lowest BCUT2D eigenvalue weighted by molar-refractivity contribution is -0.117. The van der Waals surface area contributed by atoms with Gasteiger partial charge in [-0.3, -0.25) is 9.59 Å². The summed E-state index contributed by atoms with van der Waals surface area (Å²) in [6.45, 7) is 0.288. The van der Waals surface area contributed by atoms with Crippen molar-refractivity contribution in [3.63, 3.8) is 0 Å². The van der Waals surface area contributed by atoms with Crippen molar-refractivity contribution in [3.8, 4) is 6.07 Å². The molecular weight excluding hydrogens is 468 g/mol. The van der Waals surface area contributed by atoms with Crippen LogP contribution in [0.25, 0.3) is 5.70 Å². The summed E-state index contributed by atoms with van der Waals surface area (Å²) in [4.78, 5) is 30.0. The zero-order chi connectivity index (χ0) is 22.5. The van der Waals surface area contributed by atoms with Crippen LogP contribution in [0.2, 0.25) is 0 Å². The Morgan fingerprint density at radius 2 is 1.66 bits per heavy atom. The molecule has 0 saturated carbocycles. The van der Waals surface area contributed by atoms with Crippen LogP contribution in [-0.4, -0.2) is 17.6 Å². The number of amides is 2. The van der Waals surface area contributed by atoms with E-state index in [0.29, 0.717) is 22.5 Å². The van der Waals surface area contributed by atoms with Crippen LogP contribution in [0.5, 0.6) is 0 Å². The fourth-order valence-electron chi connectivity index (χ4n) is 3.30. The summed E-state index contributed by atoms with van der Waals surface area (Å²) in [5, 5.41) is 15.3. The summed E-state index contributed by atoms with van der Waals surface area (Å²) in [5.41, 5.74) is 2.76. The number of halogens is 1. The van der Waals surface area contributed by atoms with E-state index in [0.717, 1.165) is 10.0 Å². The molecule has 3 aromatic carbocycles. The Bertz CT molecular complexity index is 1310. The highest BCUT2D eigenvalue weighted by molar-refractivity contribution is 9.10. The summed E-state index contributed by atoms with van der Waals surface area (Å²) >= 11 is 3.36. The first-order chi connectivity index (χ1) is 15.6. The molecule has 1 heterocycles. The summed E-state index contributed by atoms with van der Waals surface area (Å²) in [7, 11) is 0. The van der Waals surface area contributed by atoms with Crippen LogP contribution >= 0.6 is 15.9 Å². The van der Waals surface area contributed by atoms with E-state index in [9.17, 15) is 14.9 Å². The molecule has 1 aliphatic heterocycles. The molecule has 1 aliphatic rings. The highest BCUT2D eigenvalue weighted by Crippen LogP contribution is 2.30. The topological polar surface area (TPSA) is 94.3 Å². The monoisotopic (exact) mass is 484 g/mol. The number of hydrogen-bond donors (Lipinski definition) is 2. The lowest BCUT2D eigenvalue weighted by atomic mass is 10.0. The summed E-state index contributed by atoms with van der Waals surface area (Å²) in [6, 6.07) is 25.5. The average Bonchev–Trinajstić information content (AvgIpc) is 3.17. The maximum absolute atomic E-state index is 12.8. The van der Waals surface area contributed by atoms with Crippen LogP contribution in [0.4, 0.5) is 0 Å². The highest BCUT2D eigenvalue weighted by Gasteiger charge is 2.27. The van der Waals surface area contributed by atoms with E-state index < -0.39 is 5.91 Å². The van der Waals surface area contributed by atoms with Crippen molar-refractivity contribution in [2.45, 2.75) is 6.54 Å². The second-order valence-electron chi connectivity index (χ2n) is 6.97. The third kappa shape index (κ3) is 4.51. The van der Waals surface area contributed by atoms with Crippen molar-refractivity contribution in [1.29, 1.82) is 5.26 Å². The quantitative estimate of drug-likeness (QED) is 0.429. The fourth-order valence-corrected chi connectivity index (χ4v) is 3.70. The number of rotatable bonds is 4. The second kappa shape index (κ2) is 9.41. The standard InChI is InChI=1S/C25H17BrN4O2/c26-18-10-6-9-17(13-18)24(31)30-23-20-12-5-4-11-19(20)22(29-23)21(14-27)25(32)28-15-16-7-2-1-3-8-16/h1-13H,15H2,(H,28,32)(H,29,30,31)/b22-21-. The van der Waals surface area contributed by atoms with E-state index in [1.165, 1.54) is 0 Å². The first-order valence-electron chi connectivity index (χ1n) is 9.78. The van der Waals surface area contributed by atoms with Crippen molar-refractivity contribution in [2.75, 3.05) is 0 Å². The van der Waals surface area contributed by atoms with Gasteiger partial charge in [0.05, 0.1) is 5.70 Å². The molecule has 156 valence electrons. The second-order valence-corrected chi connectivity index (χ2v) is 7.89. The number of carbonyl (C=O) groups excluding carboxylic acids is 2. The predicted octanol–water partition coefficient (Wildman–Crippen LogP) is 4.19. The number of nitrogens with one attached hydrogen (secondary N) is 2. The van der Waals surface area contributed by atoms with Crippen LogP contribution in [0, 0.1) is 11.3 Å². The molecular formula is C25H17BrN4O2. The van der Waals surface area contributed by atoms with E-state index in [4.69, 9.17) is 0 Å². The lowest BCUT2D eigenvalue weighted by Crippen LogP contribution is -2.30. The number of amidine groups is 1. The van der Waals surface area contributed by atoms with E-state index in [2.05, 4.69) is 31.6 Å². The molecule has 32 heavy (non-hydrogen) atoms. The van der Waals surface area contributed by atoms with Gasteiger partial charge in [0.2, 0.25) is 0 Å². The molecule has 2 amide bonds. The summed E-state index contributed by atoms with van der Waals surface area (Å²) in [5.74, 6) is -0.568. The Morgan fingerprint density at radius 1 is 0.938 bits per heavy atom. The summed E-state index contributed by atoms with van der Waals surface area (Å²) in [6.07, 6.45) is 0. The Morgan fingerprint density at radius 3 is 2.38 bits per heavy atom. The number of nitriles is 1. The molecule has 0 unspecified atom stereocenters. The molecule has 3 aromatic rings. The zero-order valence-electron chi connectivity index (χ0n) is 16.8. The molecule has 0 saturated heterocycles. The average molecular weight is 485 g/mol. The first kappa shape index (κ1) is 21.2. The SMILES string of the molecule is N#C/C(C(=O)NCc1ccccc1)=C1/N=C(NC(=O)c2cccc(Br)c2)c2ccccc21. The van der Waals surface area contributed by atoms with Crippen molar-refractivity contribution in [2.24, 2.45) is 4.99 Å². The highest BCUT2D eigenvalue weighted by atomic mass is 79.9. The molecule has 0 atom stereocenters. The van der Waals surface area contributed by atoms with Gasteiger partial charge in [-0.05, 0) is 23.8 Å². The van der Waals surface area contributed by atoms with Crippen LogP contribution < -0.4 is 10.6 Å². The molecule has 0 bridgehead atoms. The largest absolute Gasteiger partial charge is 0.347 e. The van der Waals surface area contributed by atoms with Gasteiger partial charge in [-0.15, -0.1) is 0 Å². The Balaban J connectivity index is 1.64. The van der Waals surface area contributed by atoms with Crippen LogP contribution in [-0.2, 0) is 11.3 Å². The minimum Gasteiger partial charge on any atom is -0.347 e. The van der Waals surface area contributed by atoms with Gasteiger partial charge in [-0.2, -0.15) is 5.26 Å². The number of aliphatic imine (C=N–C) groups is 1. The third-order valence-corrected chi connectivity index (χ3v) is 5.34. The normalized spacial score (nSPS) is 13.4. The minimum atomic E-state index is -0.524. The van der Waals surface area contributed by atoms with Gasteiger partial charge < -0.3 is 10.6 Å². The molecule has 7 heteroatoms. The minimum absolute atomic E-state index is 0.111. The fraction of sp³-hybridized carbons (Fsp3) is 0.0400. The number of hydrogen-bond acceptors (Lipinski definition) is 4. The number of nitrogens with zero attached hydrogens (tertiary/aromatic N) is 2. The third-order valence-electron chi connectivity index (χ3n) is 4.85. The number of carbonyl (C=O) groups is 2. The number of benzene rings is 3. The van der Waals surface area contributed by atoms with E-state index in [1.807, 2.05) is 48.5 Å². The van der Waals surface area contributed by atoms with Crippen molar-refractivity contribution < 1.29 is 9.59 Å². The molecule has 0 radical (unpaired) electrons. The van der Waals surface area contributed by atoms with Gasteiger partial charge in [-0.1, -0.05) is 76.6 Å². The van der Waals surface area contributed by atoms with Gasteiger partial charge in [0.1, 0.15) is 17.5 Å². The maximum atomic E-state index is 12.8. The smallest absolute Gasteiger partial charge is 0.264 e. The first-order valence-corrected chi connectivity index (χ1v) is 10.6. The van der Waals surface area contributed by atoms with E-state index >= 15 is 0 Å². The molecule has 4 rings (SSSR count). The van der Waals surface area contributed by atoms with Crippen LogP contribution in [0.3, 0.4) is 0 Å². The van der Waals surface area contributed by atoms with Gasteiger partial charge in [-0.25, -0.2) is 4.99 Å². The Kier molecular flexibility index (Phi) is 6.24. The van der Waals surface area contributed by atoms with Crippen molar-refractivity contribution in [1.82, 2.24) is 10.6 Å². The lowest BCUT2D eigenvalue weighted by Gasteiger charge is -2.06. The molecule has 6 nitrogen and oxygen atoms in total. The van der Waals surface area contributed by atoms with Gasteiger partial charge in [0.15, 0.2) is 0 Å². The molecule has 0 aromatic heterocycles. The van der Waals surface area contributed by atoms with Gasteiger partial charge >= 0.3 is 0 Å². The predicted molar refractivity (Wildman–Crippen MR) is 125 cm³/mol. The van der Waals surface area contributed by atoms with Crippen LogP contribution in [0.15, 0.2) is 93.9 Å². The zero-order valence-corrected chi connectivity index (χ0v) is 18.4. The molecule has 0 fully saturated rings. The Labute approximate surface area is 193 Å². The summed E-state index contributed by atoms with van der Waals surface area (Å²) < 4.78 is 0.779. The maximum Gasteiger partial charge on any atom is 0.264 e.